The molecular weight excluding hydrogens is 267 g/mol. The Morgan fingerprint density at radius 1 is 1.38 bits per heavy atom. The summed E-state index contributed by atoms with van der Waals surface area (Å²) in [5.41, 5.74) is 1.75. The molecule has 0 radical (unpaired) electrons. The summed E-state index contributed by atoms with van der Waals surface area (Å²) in [6.45, 7) is 5.34. The first-order valence-corrected chi connectivity index (χ1v) is 7.71. The van der Waals surface area contributed by atoms with Crippen LogP contribution in [0.25, 0.3) is 0 Å². The lowest BCUT2D eigenvalue weighted by Gasteiger charge is -2.47. The fourth-order valence-corrected chi connectivity index (χ4v) is 3.58. The van der Waals surface area contributed by atoms with Gasteiger partial charge in [0, 0.05) is 17.1 Å². The van der Waals surface area contributed by atoms with Gasteiger partial charge in [-0.1, -0.05) is 19.1 Å². The van der Waals surface area contributed by atoms with Crippen molar-refractivity contribution in [1.82, 2.24) is 0 Å². The molecule has 0 saturated heterocycles. The van der Waals surface area contributed by atoms with Crippen LogP contribution in [-0.4, -0.2) is 5.97 Å². The zero-order valence-corrected chi connectivity index (χ0v) is 12.5. The molecule has 0 spiro atoms. The molecule has 0 aliphatic heterocycles. The summed E-state index contributed by atoms with van der Waals surface area (Å²) < 4.78 is 19.7. The normalized spacial score (nSPS) is 24.9. The van der Waals surface area contributed by atoms with Gasteiger partial charge in [0.25, 0.3) is 0 Å². The highest BCUT2D eigenvalue weighted by Crippen LogP contribution is 2.51. The maximum Gasteiger partial charge on any atom is 0.334 e. The zero-order valence-electron chi connectivity index (χ0n) is 12.5. The van der Waals surface area contributed by atoms with E-state index < -0.39 is 5.60 Å². The Hall–Kier alpha value is -1.64. The molecule has 2 aliphatic carbocycles. The lowest BCUT2D eigenvalue weighted by Crippen LogP contribution is -2.45. The van der Waals surface area contributed by atoms with Crippen LogP contribution in [-0.2, 0) is 21.6 Å². The van der Waals surface area contributed by atoms with Gasteiger partial charge in [-0.05, 0) is 56.7 Å². The number of benzene rings is 1. The van der Waals surface area contributed by atoms with Crippen molar-refractivity contribution in [2.75, 3.05) is 0 Å². The van der Waals surface area contributed by atoms with Crippen molar-refractivity contribution in [3.63, 3.8) is 0 Å². The molecule has 1 unspecified atom stereocenters. The number of carbonyl (C=O) groups excluding carboxylic acids is 1. The van der Waals surface area contributed by atoms with Crippen molar-refractivity contribution < 1.29 is 13.9 Å². The van der Waals surface area contributed by atoms with Gasteiger partial charge in [0.1, 0.15) is 11.4 Å². The van der Waals surface area contributed by atoms with E-state index in [1.807, 2.05) is 6.07 Å². The quantitative estimate of drug-likeness (QED) is 0.613. The van der Waals surface area contributed by atoms with E-state index in [0.29, 0.717) is 11.5 Å². The SMILES string of the molecule is C=C(C)C(=O)OC1(C2CCC2)CCCc2ccc(F)cc21. The molecule has 0 aromatic heterocycles. The van der Waals surface area contributed by atoms with E-state index in [4.69, 9.17) is 4.74 Å². The van der Waals surface area contributed by atoms with E-state index >= 15 is 0 Å². The molecule has 1 saturated carbocycles. The van der Waals surface area contributed by atoms with Gasteiger partial charge in [0.15, 0.2) is 0 Å². The van der Waals surface area contributed by atoms with Gasteiger partial charge in [-0.25, -0.2) is 9.18 Å². The molecule has 21 heavy (non-hydrogen) atoms. The van der Waals surface area contributed by atoms with E-state index in [-0.39, 0.29) is 11.8 Å². The van der Waals surface area contributed by atoms with E-state index in [1.165, 1.54) is 6.07 Å². The highest BCUT2D eigenvalue weighted by Gasteiger charge is 2.49. The maximum atomic E-state index is 13.8. The molecule has 1 aromatic carbocycles. The largest absolute Gasteiger partial charge is 0.451 e. The number of halogens is 1. The molecule has 0 bridgehead atoms. The molecule has 0 heterocycles. The molecule has 2 nitrogen and oxygen atoms in total. The van der Waals surface area contributed by atoms with Crippen molar-refractivity contribution >= 4 is 5.97 Å². The molecule has 1 atom stereocenters. The van der Waals surface area contributed by atoms with Gasteiger partial charge in [0.2, 0.25) is 0 Å². The third kappa shape index (κ3) is 2.39. The highest BCUT2D eigenvalue weighted by atomic mass is 19.1. The summed E-state index contributed by atoms with van der Waals surface area (Å²) in [6.07, 6.45) is 5.92. The Balaban J connectivity index is 2.06. The van der Waals surface area contributed by atoms with E-state index in [2.05, 4.69) is 6.58 Å². The molecule has 112 valence electrons. The lowest BCUT2D eigenvalue weighted by molar-refractivity contribution is -0.171. The third-order valence-corrected chi connectivity index (χ3v) is 4.91. The number of hydrogen-bond donors (Lipinski definition) is 0. The number of aryl methyl sites for hydroxylation is 1. The van der Waals surface area contributed by atoms with Crippen LogP contribution in [0.5, 0.6) is 0 Å². The monoisotopic (exact) mass is 288 g/mol. The van der Waals surface area contributed by atoms with Gasteiger partial charge in [0.05, 0.1) is 0 Å². The minimum atomic E-state index is -0.649. The predicted octanol–water partition coefficient (Wildman–Crippen LogP) is 4.28. The zero-order chi connectivity index (χ0) is 15.0. The van der Waals surface area contributed by atoms with Gasteiger partial charge in [-0.2, -0.15) is 0 Å². The third-order valence-electron chi connectivity index (χ3n) is 4.91. The van der Waals surface area contributed by atoms with Crippen LogP contribution >= 0.6 is 0 Å². The highest BCUT2D eigenvalue weighted by molar-refractivity contribution is 5.87. The standard InChI is InChI=1S/C18H21FO2/c1-12(2)17(20)21-18(14-6-3-7-14)10-4-5-13-8-9-15(19)11-16(13)18/h8-9,11,14H,1,3-7,10H2,2H3. The molecule has 1 fully saturated rings. The van der Waals surface area contributed by atoms with Gasteiger partial charge in [-0.15, -0.1) is 0 Å². The Morgan fingerprint density at radius 2 is 2.14 bits per heavy atom. The van der Waals surface area contributed by atoms with Crippen LogP contribution in [0.2, 0.25) is 0 Å². The van der Waals surface area contributed by atoms with Crippen LogP contribution in [0.4, 0.5) is 4.39 Å². The molecular formula is C18H21FO2. The lowest BCUT2D eigenvalue weighted by atomic mass is 9.64. The van der Waals surface area contributed by atoms with Gasteiger partial charge < -0.3 is 4.74 Å². The minimum Gasteiger partial charge on any atom is -0.451 e. The summed E-state index contributed by atoms with van der Waals surface area (Å²) in [5, 5.41) is 0. The second-order valence-corrected chi connectivity index (χ2v) is 6.34. The number of ether oxygens (including phenoxy) is 1. The average Bonchev–Trinajstić information content (AvgIpc) is 2.37. The first-order chi connectivity index (χ1) is 10.0. The van der Waals surface area contributed by atoms with E-state index in [1.54, 1.807) is 13.0 Å². The van der Waals surface area contributed by atoms with E-state index in [9.17, 15) is 9.18 Å². The summed E-state index contributed by atoms with van der Waals surface area (Å²) in [4.78, 5) is 12.1. The smallest absolute Gasteiger partial charge is 0.334 e. The van der Waals surface area contributed by atoms with Crippen molar-refractivity contribution in [2.24, 2.45) is 5.92 Å². The Bertz CT molecular complexity index is 589. The fourth-order valence-electron chi connectivity index (χ4n) is 3.58. The molecule has 0 amide bonds. The number of rotatable bonds is 3. The number of fused-ring (bicyclic) bond motifs is 1. The molecule has 0 N–H and O–H groups in total. The minimum absolute atomic E-state index is 0.259. The number of hydrogen-bond acceptors (Lipinski definition) is 2. The van der Waals surface area contributed by atoms with Crippen LogP contribution in [0.15, 0.2) is 30.4 Å². The second kappa shape index (κ2) is 5.28. The Morgan fingerprint density at radius 3 is 2.76 bits per heavy atom. The first kappa shape index (κ1) is 14.3. The maximum absolute atomic E-state index is 13.8. The Labute approximate surface area is 125 Å². The van der Waals surface area contributed by atoms with Crippen molar-refractivity contribution in [1.29, 1.82) is 0 Å². The predicted molar refractivity (Wildman–Crippen MR) is 79.3 cm³/mol. The van der Waals surface area contributed by atoms with E-state index in [0.717, 1.165) is 49.7 Å². The summed E-state index contributed by atoms with van der Waals surface area (Å²) in [6, 6.07) is 4.90. The molecule has 3 heteroatoms. The Kier molecular flexibility index (Phi) is 3.60. The van der Waals surface area contributed by atoms with Crippen molar-refractivity contribution in [3.05, 3.63) is 47.3 Å². The summed E-state index contributed by atoms with van der Waals surface area (Å²) >= 11 is 0. The topological polar surface area (TPSA) is 26.3 Å². The van der Waals surface area contributed by atoms with Crippen molar-refractivity contribution in [2.45, 2.75) is 51.0 Å². The van der Waals surface area contributed by atoms with Crippen LogP contribution in [0.1, 0.15) is 50.2 Å². The molecule has 1 aromatic rings. The van der Waals surface area contributed by atoms with Gasteiger partial charge in [-0.3, -0.25) is 0 Å². The summed E-state index contributed by atoms with van der Waals surface area (Å²) in [5.74, 6) is -0.314. The first-order valence-electron chi connectivity index (χ1n) is 7.71. The number of esters is 1. The van der Waals surface area contributed by atoms with Crippen LogP contribution in [0.3, 0.4) is 0 Å². The van der Waals surface area contributed by atoms with Gasteiger partial charge >= 0.3 is 5.97 Å². The molecule has 2 aliphatic rings. The van der Waals surface area contributed by atoms with Crippen molar-refractivity contribution in [3.8, 4) is 0 Å². The second-order valence-electron chi connectivity index (χ2n) is 6.34. The van der Waals surface area contributed by atoms with Crippen LogP contribution < -0.4 is 0 Å². The van der Waals surface area contributed by atoms with Crippen LogP contribution in [0, 0.1) is 11.7 Å². The fraction of sp³-hybridized carbons (Fsp3) is 0.500. The average molecular weight is 288 g/mol. The number of carbonyl (C=O) groups is 1. The summed E-state index contributed by atoms with van der Waals surface area (Å²) in [7, 11) is 0. The molecule has 3 rings (SSSR count).